The highest BCUT2D eigenvalue weighted by atomic mass is 79.9. The SMILES string of the molecule is Cc1cc(Br)c(S(=O)(=O)NCCCCC#N)cc1Br. The zero-order chi connectivity index (χ0) is 14.5. The monoisotopic (exact) mass is 408 g/mol. The van der Waals surface area contributed by atoms with Crippen LogP contribution >= 0.6 is 31.9 Å². The van der Waals surface area contributed by atoms with E-state index in [0.717, 1.165) is 10.0 Å². The van der Waals surface area contributed by atoms with Gasteiger partial charge in [-0.15, -0.1) is 0 Å². The lowest BCUT2D eigenvalue weighted by Gasteiger charge is -2.10. The number of nitriles is 1. The van der Waals surface area contributed by atoms with Crippen molar-refractivity contribution in [1.82, 2.24) is 4.72 Å². The summed E-state index contributed by atoms with van der Waals surface area (Å²) in [6.07, 6.45) is 1.79. The van der Waals surface area contributed by atoms with Gasteiger partial charge in [0.1, 0.15) is 0 Å². The predicted octanol–water partition coefficient (Wildman–Crippen LogP) is 3.49. The molecule has 0 heterocycles. The molecule has 1 aromatic rings. The molecule has 1 rings (SSSR count). The normalized spacial score (nSPS) is 11.3. The number of nitrogens with zero attached hydrogens (tertiary/aromatic N) is 1. The van der Waals surface area contributed by atoms with Gasteiger partial charge in [-0.1, -0.05) is 15.9 Å². The molecule has 0 amide bonds. The van der Waals surface area contributed by atoms with Crippen molar-refractivity contribution in [3.8, 4) is 6.07 Å². The molecule has 0 aliphatic heterocycles. The molecule has 0 fully saturated rings. The molecule has 0 saturated carbocycles. The summed E-state index contributed by atoms with van der Waals surface area (Å²) in [7, 11) is -3.53. The molecule has 0 radical (unpaired) electrons. The van der Waals surface area contributed by atoms with E-state index < -0.39 is 10.0 Å². The minimum Gasteiger partial charge on any atom is -0.211 e. The van der Waals surface area contributed by atoms with Gasteiger partial charge in [0.25, 0.3) is 0 Å². The molecular weight excluding hydrogens is 396 g/mol. The molecule has 1 aromatic carbocycles. The molecule has 1 N–H and O–H groups in total. The number of unbranched alkanes of at least 4 members (excludes halogenated alkanes) is 2. The lowest BCUT2D eigenvalue weighted by atomic mass is 10.2. The van der Waals surface area contributed by atoms with E-state index in [0.29, 0.717) is 30.3 Å². The van der Waals surface area contributed by atoms with Crippen LogP contribution in [0.5, 0.6) is 0 Å². The second-order valence-electron chi connectivity index (χ2n) is 4.04. The Kier molecular flexibility index (Phi) is 6.47. The summed E-state index contributed by atoms with van der Waals surface area (Å²) in [5.41, 5.74) is 0.958. The van der Waals surface area contributed by atoms with Gasteiger partial charge in [-0.05, 0) is 53.4 Å². The maximum absolute atomic E-state index is 12.1. The van der Waals surface area contributed by atoms with Crippen LogP contribution in [0.4, 0.5) is 0 Å². The van der Waals surface area contributed by atoms with Gasteiger partial charge in [0.05, 0.1) is 11.0 Å². The summed E-state index contributed by atoms with van der Waals surface area (Å²) < 4.78 is 28.1. The van der Waals surface area contributed by atoms with Crippen LogP contribution in [-0.2, 0) is 10.0 Å². The Hall–Kier alpha value is -0.420. The van der Waals surface area contributed by atoms with Crippen LogP contribution < -0.4 is 4.72 Å². The van der Waals surface area contributed by atoms with E-state index in [-0.39, 0.29) is 4.90 Å². The van der Waals surface area contributed by atoms with Gasteiger partial charge >= 0.3 is 0 Å². The number of halogens is 2. The third-order valence-corrected chi connectivity index (χ3v) is 5.78. The Morgan fingerprint density at radius 3 is 2.58 bits per heavy atom. The first kappa shape index (κ1) is 16.6. The Bertz CT molecular complexity index is 594. The van der Waals surface area contributed by atoms with E-state index in [9.17, 15) is 8.42 Å². The van der Waals surface area contributed by atoms with E-state index in [2.05, 4.69) is 36.6 Å². The molecular formula is C12H14Br2N2O2S. The van der Waals surface area contributed by atoms with Crippen LogP contribution in [0.2, 0.25) is 0 Å². The standard InChI is InChI=1S/C12H14Br2N2O2S/c1-9-7-11(14)12(8-10(9)13)19(17,18)16-6-4-2-3-5-15/h7-8,16H,2-4,6H2,1H3. The molecule has 7 heteroatoms. The zero-order valence-electron chi connectivity index (χ0n) is 10.4. The fraction of sp³-hybridized carbons (Fsp3) is 0.417. The fourth-order valence-corrected chi connectivity index (χ4v) is 4.20. The van der Waals surface area contributed by atoms with Gasteiger partial charge in [-0.3, -0.25) is 0 Å². The minimum atomic E-state index is -3.53. The Morgan fingerprint density at radius 1 is 1.26 bits per heavy atom. The Balaban J connectivity index is 2.78. The summed E-state index contributed by atoms with van der Waals surface area (Å²) in [5, 5.41) is 8.40. The van der Waals surface area contributed by atoms with Crippen LogP contribution in [-0.4, -0.2) is 15.0 Å². The summed E-state index contributed by atoms with van der Waals surface area (Å²) in [6.45, 7) is 2.22. The highest BCUT2D eigenvalue weighted by Gasteiger charge is 2.18. The first-order chi connectivity index (χ1) is 8.88. The van der Waals surface area contributed by atoms with Crippen LogP contribution in [0.3, 0.4) is 0 Å². The second-order valence-corrected chi connectivity index (χ2v) is 7.49. The van der Waals surface area contributed by atoms with Crippen molar-refractivity contribution in [3.63, 3.8) is 0 Å². The van der Waals surface area contributed by atoms with Crippen molar-refractivity contribution in [2.75, 3.05) is 6.54 Å². The maximum Gasteiger partial charge on any atom is 0.241 e. The van der Waals surface area contributed by atoms with E-state index in [1.807, 2.05) is 13.0 Å². The smallest absolute Gasteiger partial charge is 0.211 e. The average Bonchev–Trinajstić information content (AvgIpc) is 2.33. The summed E-state index contributed by atoms with van der Waals surface area (Å²) in [6, 6.07) is 5.37. The summed E-state index contributed by atoms with van der Waals surface area (Å²) >= 11 is 6.59. The molecule has 0 spiro atoms. The van der Waals surface area contributed by atoms with Crippen molar-refractivity contribution in [2.45, 2.75) is 31.1 Å². The van der Waals surface area contributed by atoms with Crippen LogP contribution in [0.25, 0.3) is 0 Å². The Labute approximate surface area is 130 Å². The van der Waals surface area contributed by atoms with Crippen molar-refractivity contribution in [1.29, 1.82) is 5.26 Å². The number of hydrogen-bond donors (Lipinski definition) is 1. The molecule has 4 nitrogen and oxygen atoms in total. The summed E-state index contributed by atoms with van der Waals surface area (Å²) in [5.74, 6) is 0. The lowest BCUT2D eigenvalue weighted by molar-refractivity contribution is 0.576. The van der Waals surface area contributed by atoms with Crippen LogP contribution in [0.15, 0.2) is 26.0 Å². The molecule has 104 valence electrons. The maximum atomic E-state index is 12.1. The van der Waals surface area contributed by atoms with E-state index in [1.165, 1.54) is 0 Å². The van der Waals surface area contributed by atoms with Crippen molar-refractivity contribution >= 4 is 41.9 Å². The van der Waals surface area contributed by atoms with Gasteiger partial charge in [-0.25, -0.2) is 13.1 Å². The first-order valence-corrected chi connectivity index (χ1v) is 8.77. The van der Waals surface area contributed by atoms with Gasteiger partial charge in [-0.2, -0.15) is 5.26 Å². The predicted molar refractivity (Wildman–Crippen MR) is 81.2 cm³/mol. The number of nitrogens with one attached hydrogen (secondary N) is 1. The molecule has 0 aromatic heterocycles. The molecule has 0 unspecified atom stereocenters. The van der Waals surface area contributed by atoms with Crippen LogP contribution in [0.1, 0.15) is 24.8 Å². The summed E-state index contributed by atoms with van der Waals surface area (Å²) in [4.78, 5) is 0.213. The fourth-order valence-electron chi connectivity index (χ4n) is 1.45. The van der Waals surface area contributed by atoms with E-state index in [4.69, 9.17) is 5.26 Å². The molecule has 0 atom stereocenters. The van der Waals surface area contributed by atoms with E-state index >= 15 is 0 Å². The number of benzene rings is 1. The minimum absolute atomic E-state index is 0.213. The highest BCUT2D eigenvalue weighted by Crippen LogP contribution is 2.28. The molecule has 0 bridgehead atoms. The largest absolute Gasteiger partial charge is 0.241 e. The number of sulfonamides is 1. The first-order valence-electron chi connectivity index (χ1n) is 5.70. The lowest BCUT2D eigenvalue weighted by Crippen LogP contribution is -2.25. The average molecular weight is 410 g/mol. The number of rotatable bonds is 6. The van der Waals surface area contributed by atoms with Gasteiger partial charge in [0.15, 0.2) is 0 Å². The van der Waals surface area contributed by atoms with Gasteiger partial charge in [0.2, 0.25) is 10.0 Å². The third kappa shape index (κ3) is 4.88. The van der Waals surface area contributed by atoms with Crippen LogP contribution in [0, 0.1) is 18.3 Å². The third-order valence-electron chi connectivity index (χ3n) is 2.51. The quantitative estimate of drug-likeness (QED) is 0.731. The van der Waals surface area contributed by atoms with Crippen molar-refractivity contribution in [2.24, 2.45) is 0 Å². The van der Waals surface area contributed by atoms with Crippen molar-refractivity contribution < 1.29 is 8.42 Å². The van der Waals surface area contributed by atoms with Crippen molar-refractivity contribution in [3.05, 3.63) is 26.6 Å². The molecule has 19 heavy (non-hydrogen) atoms. The molecule has 0 aliphatic carbocycles. The number of aryl methyl sites for hydroxylation is 1. The molecule has 0 saturated heterocycles. The molecule has 0 aliphatic rings. The zero-order valence-corrected chi connectivity index (χ0v) is 14.4. The van der Waals surface area contributed by atoms with Gasteiger partial charge < -0.3 is 0 Å². The Morgan fingerprint density at radius 2 is 1.95 bits per heavy atom. The highest BCUT2D eigenvalue weighted by molar-refractivity contribution is 9.11. The van der Waals surface area contributed by atoms with E-state index in [1.54, 1.807) is 12.1 Å². The topological polar surface area (TPSA) is 70.0 Å². The van der Waals surface area contributed by atoms with Gasteiger partial charge in [0, 0.05) is 21.9 Å². The number of hydrogen-bond acceptors (Lipinski definition) is 3. The second kappa shape index (κ2) is 7.39.